The molecule has 0 aliphatic heterocycles. The van der Waals surface area contributed by atoms with Gasteiger partial charge in [0.1, 0.15) is 11.2 Å². The summed E-state index contributed by atoms with van der Waals surface area (Å²) in [6.45, 7) is 0. The molecular weight excluding hydrogens is 176 g/mol. The standard InChI is InChI=1S/C11H8N2O/c12-7-11(2-3-11)10-5-8-1-4-13-6-9(8)14-10/h1,4-6H,2-3H2. The fourth-order valence-electron chi connectivity index (χ4n) is 1.66. The van der Waals surface area contributed by atoms with Gasteiger partial charge in [0.15, 0.2) is 5.58 Å². The highest BCUT2D eigenvalue weighted by Crippen LogP contribution is 2.48. The number of rotatable bonds is 1. The molecule has 0 amide bonds. The quantitative estimate of drug-likeness (QED) is 0.683. The zero-order chi connectivity index (χ0) is 9.60. The first-order valence-corrected chi connectivity index (χ1v) is 4.59. The number of furan rings is 1. The molecule has 1 aliphatic carbocycles. The van der Waals surface area contributed by atoms with E-state index in [0.29, 0.717) is 0 Å². The van der Waals surface area contributed by atoms with E-state index < -0.39 is 0 Å². The van der Waals surface area contributed by atoms with Gasteiger partial charge < -0.3 is 4.42 Å². The third kappa shape index (κ3) is 0.882. The smallest absolute Gasteiger partial charge is 0.152 e. The molecule has 68 valence electrons. The van der Waals surface area contributed by atoms with E-state index in [2.05, 4.69) is 11.1 Å². The van der Waals surface area contributed by atoms with E-state index >= 15 is 0 Å². The van der Waals surface area contributed by atoms with Gasteiger partial charge in [0.05, 0.1) is 12.3 Å². The Morgan fingerprint density at radius 2 is 2.36 bits per heavy atom. The molecule has 1 fully saturated rings. The Morgan fingerprint density at radius 1 is 1.50 bits per heavy atom. The summed E-state index contributed by atoms with van der Waals surface area (Å²) < 4.78 is 5.60. The number of pyridine rings is 1. The molecule has 0 aromatic carbocycles. The monoisotopic (exact) mass is 184 g/mol. The molecule has 1 saturated carbocycles. The highest BCUT2D eigenvalue weighted by molar-refractivity contribution is 5.77. The van der Waals surface area contributed by atoms with Crippen molar-refractivity contribution in [2.45, 2.75) is 18.3 Å². The van der Waals surface area contributed by atoms with Gasteiger partial charge in [-0.1, -0.05) is 0 Å². The molecule has 0 radical (unpaired) electrons. The molecule has 2 aromatic rings. The second-order valence-electron chi connectivity index (χ2n) is 3.72. The van der Waals surface area contributed by atoms with Crippen molar-refractivity contribution in [3.8, 4) is 6.07 Å². The van der Waals surface area contributed by atoms with Crippen LogP contribution >= 0.6 is 0 Å². The maximum absolute atomic E-state index is 9.01. The lowest BCUT2D eigenvalue weighted by Gasteiger charge is -1.97. The summed E-state index contributed by atoms with van der Waals surface area (Å²) in [6, 6.07) is 6.17. The van der Waals surface area contributed by atoms with Crippen LogP contribution in [0.2, 0.25) is 0 Å². The van der Waals surface area contributed by atoms with Gasteiger partial charge in [-0.05, 0) is 25.0 Å². The lowest BCUT2D eigenvalue weighted by molar-refractivity contribution is 0.522. The van der Waals surface area contributed by atoms with Crippen molar-refractivity contribution in [2.24, 2.45) is 0 Å². The van der Waals surface area contributed by atoms with Gasteiger partial charge in [-0.15, -0.1) is 0 Å². The van der Waals surface area contributed by atoms with E-state index in [0.717, 1.165) is 29.6 Å². The molecule has 0 atom stereocenters. The van der Waals surface area contributed by atoms with Crippen LogP contribution in [-0.4, -0.2) is 4.98 Å². The highest BCUT2D eigenvalue weighted by Gasteiger charge is 2.48. The van der Waals surface area contributed by atoms with E-state index in [1.54, 1.807) is 12.4 Å². The van der Waals surface area contributed by atoms with Crippen LogP contribution in [0.5, 0.6) is 0 Å². The van der Waals surface area contributed by atoms with Crippen LogP contribution in [-0.2, 0) is 5.41 Å². The lowest BCUT2D eigenvalue weighted by Crippen LogP contribution is -1.99. The molecule has 3 rings (SSSR count). The van der Waals surface area contributed by atoms with Gasteiger partial charge in [-0.3, -0.25) is 4.98 Å². The van der Waals surface area contributed by atoms with Crippen LogP contribution < -0.4 is 0 Å². The molecule has 3 nitrogen and oxygen atoms in total. The number of aromatic nitrogens is 1. The van der Waals surface area contributed by atoms with E-state index in [-0.39, 0.29) is 5.41 Å². The second-order valence-corrected chi connectivity index (χ2v) is 3.72. The second kappa shape index (κ2) is 2.36. The van der Waals surface area contributed by atoms with Crippen LogP contribution in [0.4, 0.5) is 0 Å². The van der Waals surface area contributed by atoms with Gasteiger partial charge in [0.2, 0.25) is 0 Å². The Morgan fingerprint density at radius 3 is 3.00 bits per heavy atom. The molecule has 1 aliphatic rings. The molecular formula is C11H8N2O. The summed E-state index contributed by atoms with van der Waals surface area (Å²) in [6.07, 6.45) is 5.24. The van der Waals surface area contributed by atoms with Gasteiger partial charge >= 0.3 is 0 Å². The van der Waals surface area contributed by atoms with Crippen LogP contribution in [0.1, 0.15) is 18.6 Å². The summed E-state index contributed by atoms with van der Waals surface area (Å²) in [5.74, 6) is 0.794. The topological polar surface area (TPSA) is 49.8 Å². The molecule has 0 bridgehead atoms. The van der Waals surface area contributed by atoms with Gasteiger partial charge in [-0.2, -0.15) is 5.26 Å². The van der Waals surface area contributed by atoms with Crippen LogP contribution in [0.3, 0.4) is 0 Å². The molecule has 0 saturated heterocycles. The summed E-state index contributed by atoms with van der Waals surface area (Å²) in [7, 11) is 0. The number of hydrogen-bond acceptors (Lipinski definition) is 3. The van der Waals surface area contributed by atoms with E-state index in [1.165, 1.54) is 0 Å². The van der Waals surface area contributed by atoms with Crippen molar-refractivity contribution < 1.29 is 4.42 Å². The minimum atomic E-state index is -0.334. The van der Waals surface area contributed by atoms with Crippen LogP contribution in [0.25, 0.3) is 11.0 Å². The third-order valence-electron chi connectivity index (χ3n) is 2.76. The van der Waals surface area contributed by atoms with Gasteiger partial charge in [0, 0.05) is 11.6 Å². The predicted molar refractivity (Wildman–Crippen MR) is 50.5 cm³/mol. The zero-order valence-corrected chi connectivity index (χ0v) is 7.53. The Balaban J connectivity index is 2.21. The first-order chi connectivity index (χ1) is 6.84. The molecule has 2 aromatic heterocycles. The molecule has 14 heavy (non-hydrogen) atoms. The van der Waals surface area contributed by atoms with Crippen molar-refractivity contribution >= 4 is 11.0 Å². The Labute approximate surface area is 81.0 Å². The molecule has 0 spiro atoms. The minimum absolute atomic E-state index is 0.334. The Kier molecular flexibility index (Phi) is 1.27. The van der Waals surface area contributed by atoms with E-state index in [9.17, 15) is 0 Å². The van der Waals surface area contributed by atoms with Crippen molar-refractivity contribution in [2.75, 3.05) is 0 Å². The summed E-state index contributed by atoms with van der Waals surface area (Å²) in [4.78, 5) is 3.98. The fraction of sp³-hybridized carbons (Fsp3) is 0.273. The fourth-order valence-corrected chi connectivity index (χ4v) is 1.66. The van der Waals surface area contributed by atoms with Gasteiger partial charge in [0.25, 0.3) is 0 Å². The van der Waals surface area contributed by atoms with E-state index in [4.69, 9.17) is 9.68 Å². The van der Waals surface area contributed by atoms with Crippen molar-refractivity contribution in [1.29, 1.82) is 5.26 Å². The SMILES string of the molecule is N#CC1(c2cc3ccncc3o2)CC1. The Hall–Kier alpha value is -1.82. The third-order valence-corrected chi connectivity index (χ3v) is 2.76. The van der Waals surface area contributed by atoms with Crippen LogP contribution in [0.15, 0.2) is 28.9 Å². The number of nitriles is 1. The molecule has 0 N–H and O–H groups in total. The van der Waals surface area contributed by atoms with Crippen molar-refractivity contribution in [3.05, 3.63) is 30.3 Å². The zero-order valence-electron chi connectivity index (χ0n) is 7.53. The number of fused-ring (bicyclic) bond motifs is 1. The molecule has 0 unspecified atom stereocenters. The lowest BCUT2D eigenvalue weighted by atomic mass is 10.1. The normalized spacial score (nSPS) is 17.9. The summed E-state index contributed by atoms with van der Waals surface area (Å²) in [5.41, 5.74) is 0.433. The van der Waals surface area contributed by atoms with Crippen molar-refractivity contribution in [1.82, 2.24) is 4.98 Å². The summed E-state index contributed by atoms with van der Waals surface area (Å²) >= 11 is 0. The Bertz CT molecular complexity index is 498. The maximum Gasteiger partial charge on any atom is 0.152 e. The summed E-state index contributed by atoms with van der Waals surface area (Å²) in [5, 5.41) is 10.0. The average Bonchev–Trinajstić information content (AvgIpc) is 2.91. The highest BCUT2D eigenvalue weighted by atomic mass is 16.3. The number of nitrogens with zero attached hydrogens (tertiary/aromatic N) is 2. The van der Waals surface area contributed by atoms with Gasteiger partial charge in [-0.25, -0.2) is 0 Å². The van der Waals surface area contributed by atoms with Crippen LogP contribution in [0, 0.1) is 11.3 Å². The maximum atomic E-state index is 9.01. The minimum Gasteiger partial charge on any atom is -0.458 e. The first-order valence-electron chi connectivity index (χ1n) is 4.59. The average molecular weight is 184 g/mol. The first kappa shape index (κ1) is 7.57. The molecule has 2 heterocycles. The van der Waals surface area contributed by atoms with Crippen molar-refractivity contribution in [3.63, 3.8) is 0 Å². The predicted octanol–water partition coefficient (Wildman–Crippen LogP) is 2.38. The number of hydrogen-bond donors (Lipinski definition) is 0. The largest absolute Gasteiger partial charge is 0.458 e. The molecule has 3 heteroatoms. The van der Waals surface area contributed by atoms with E-state index in [1.807, 2.05) is 12.1 Å².